The second-order valence-electron chi connectivity index (χ2n) is 3.14. The topological polar surface area (TPSA) is 19.9 Å². The van der Waals surface area contributed by atoms with Gasteiger partial charge in [-0.25, -0.2) is 5.11 Å². The first kappa shape index (κ1) is 8.27. The van der Waals surface area contributed by atoms with Gasteiger partial charge >= 0.3 is 0 Å². The van der Waals surface area contributed by atoms with Gasteiger partial charge in [0.1, 0.15) is 0 Å². The highest BCUT2D eigenvalue weighted by molar-refractivity contribution is 5.82. The Hall–Kier alpha value is -1.34. The lowest BCUT2D eigenvalue weighted by Crippen LogP contribution is -1.88. The van der Waals surface area contributed by atoms with Crippen molar-refractivity contribution in [2.24, 2.45) is 0 Å². The van der Waals surface area contributed by atoms with Gasteiger partial charge in [-0.15, -0.1) is 0 Å². The van der Waals surface area contributed by atoms with E-state index < -0.39 is 0 Å². The second-order valence-corrected chi connectivity index (χ2v) is 3.14. The fourth-order valence-corrected chi connectivity index (χ4v) is 1.51. The van der Waals surface area contributed by atoms with Crippen molar-refractivity contribution >= 4 is 10.8 Å². The van der Waals surface area contributed by atoms with Crippen LogP contribution in [0.2, 0.25) is 0 Å². The number of rotatable bonds is 2. The summed E-state index contributed by atoms with van der Waals surface area (Å²) in [6.07, 6.45) is 0.630. The van der Waals surface area contributed by atoms with E-state index in [-0.39, 0.29) is 6.61 Å². The Morgan fingerprint density at radius 3 is 2.46 bits per heavy atom. The van der Waals surface area contributed by atoms with Crippen molar-refractivity contribution in [1.29, 1.82) is 0 Å². The minimum absolute atomic E-state index is 0.0294. The maximum absolute atomic E-state index is 10.4. The maximum atomic E-state index is 10.4. The predicted molar refractivity (Wildman–Crippen MR) is 53.2 cm³/mol. The summed E-state index contributed by atoms with van der Waals surface area (Å²) in [6, 6.07) is 14.4. The lowest BCUT2D eigenvalue weighted by atomic mass is 10.1. The highest BCUT2D eigenvalue weighted by Gasteiger charge is 1.94. The van der Waals surface area contributed by atoms with Crippen molar-refractivity contribution in [2.75, 3.05) is 6.61 Å². The average molecular weight is 171 g/mol. The summed E-state index contributed by atoms with van der Waals surface area (Å²) in [5.41, 5.74) is 1.13. The van der Waals surface area contributed by atoms with Gasteiger partial charge < -0.3 is 0 Å². The van der Waals surface area contributed by atoms with Crippen LogP contribution >= 0.6 is 0 Å². The van der Waals surface area contributed by atoms with Gasteiger partial charge in [-0.2, -0.15) is 0 Å². The molecule has 0 aliphatic rings. The first-order chi connectivity index (χ1) is 6.40. The fraction of sp³-hybridized carbons (Fsp3) is 0.167. The molecule has 0 N–H and O–H groups in total. The van der Waals surface area contributed by atoms with Crippen molar-refractivity contribution in [2.45, 2.75) is 6.42 Å². The van der Waals surface area contributed by atoms with Crippen molar-refractivity contribution in [3.8, 4) is 0 Å². The molecule has 0 aliphatic heterocycles. The van der Waals surface area contributed by atoms with E-state index in [1.165, 1.54) is 10.8 Å². The number of hydrogen-bond donors (Lipinski definition) is 0. The normalized spacial score (nSPS) is 10.5. The van der Waals surface area contributed by atoms with E-state index in [1.807, 2.05) is 18.2 Å². The molecular formula is C12H11O. The Morgan fingerprint density at radius 1 is 0.923 bits per heavy atom. The Balaban J connectivity index is 2.49. The van der Waals surface area contributed by atoms with E-state index in [0.717, 1.165) is 5.56 Å². The van der Waals surface area contributed by atoms with Crippen molar-refractivity contribution < 1.29 is 5.11 Å². The molecule has 1 heteroatoms. The van der Waals surface area contributed by atoms with Crippen LogP contribution in [0.25, 0.3) is 10.8 Å². The summed E-state index contributed by atoms with van der Waals surface area (Å²) >= 11 is 0. The number of fused-ring (bicyclic) bond motifs is 1. The average Bonchev–Trinajstić information content (AvgIpc) is 2.18. The Morgan fingerprint density at radius 2 is 1.69 bits per heavy atom. The van der Waals surface area contributed by atoms with Crippen LogP contribution in [-0.4, -0.2) is 6.61 Å². The molecule has 0 unspecified atom stereocenters. The minimum Gasteiger partial charge on any atom is -0.236 e. The summed E-state index contributed by atoms with van der Waals surface area (Å²) in [5, 5.41) is 12.9. The van der Waals surface area contributed by atoms with E-state index in [2.05, 4.69) is 24.3 Å². The molecule has 1 radical (unpaired) electrons. The van der Waals surface area contributed by atoms with Crippen LogP contribution in [-0.2, 0) is 11.5 Å². The molecule has 65 valence electrons. The summed E-state index contributed by atoms with van der Waals surface area (Å²) in [6.45, 7) is -0.0294. The van der Waals surface area contributed by atoms with E-state index in [9.17, 15) is 5.11 Å². The van der Waals surface area contributed by atoms with Gasteiger partial charge in [-0.3, -0.25) is 0 Å². The molecule has 1 nitrogen and oxygen atoms in total. The van der Waals surface area contributed by atoms with Gasteiger partial charge in [-0.1, -0.05) is 42.5 Å². The zero-order valence-corrected chi connectivity index (χ0v) is 7.36. The first-order valence-corrected chi connectivity index (χ1v) is 4.46. The smallest absolute Gasteiger partial charge is 0.0862 e. The summed E-state index contributed by atoms with van der Waals surface area (Å²) in [5.74, 6) is 0. The molecule has 2 aromatic rings. The molecule has 0 atom stereocenters. The van der Waals surface area contributed by atoms with Crippen molar-refractivity contribution in [3.63, 3.8) is 0 Å². The highest BCUT2D eigenvalue weighted by atomic mass is 16.2. The molecule has 13 heavy (non-hydrogen) atoms. The third-order valence-corrected chi connectivity index (χ3v) is 2.20. The maximum Gasteiger partial charge on any atom is 0.0862 e. The van der Waals surface area contributed by atoms with Crippen LogP contribution in [0.3, 0.4) is 0 Å². The Kier molecular flexibility index (Phi) is 2.28. The molecule has 0 aliphatic carbocycles. The lowest BCUT2D eigenvalue weighted by molar-refractivity contribution is 0.197. The predicted octanol–water partition coefficient (Wildman–Crippen LogP) is 2.81. The highest BCUT2D eigenvalue weighted by Crippen LogP contribution is 2.15. The fourth-order valence-electron chi connectivity index (χ4n) is 1.51. The van der Waals surface area contributed by atoms with Crippen molar-refractivity contribution in [1.82, 2.24) is 0 Å². The third-order valence-electron chi connectivity index (χ3n) is 2.20. The Labute approximate surface area is 77.6 Å². The quantitative estimate of drug-likeness (QED) is 0.662. The van der Waals surface area contributed by atoms with Crippen LogP contribution in [0.15, 0.2) is 42.5 Å². The molecule has 0 bridgehead atoms. The molecule has 0 heterocycles. The van der Waals surface area contributed by atoms with Crippen LogP contribution in [0.5, 0.6) is 0 Å². The van der Waals surface area contributed by atoms with Gasteiger partial charge in [0.15, 0.2) is 0 Å². The zero-order chi connectivity index (χ0) is 9.10. The minimum atomic E-state index is -0.0294. The molecule has 0 aromatic heterocycles. The van der Waals surface area contributed by atoms with Crippen molar-refractivity contribution in [3.05, 3.63) is 48.0 Å². The van der Waals surface area contributed by atoms with Gasteiger partial charge in [0.2, 0.25) is 0 Å². The largest absolute Gasteiger partial charge is 0.236 e. The molecule has 0 fully saturated rings. The molecule has 2 rings (SSSR count). The van der Waals surface area contributed by atoms with Crippen LogP contribution in [0.1, 0.15) is 5.56 Å². The van der Waals surface area contributed by atoms with Gasteiger partial charge in [0, 0.05) is 0 Å². The first-order valence-electron chi connectivity index (χ1n) is 4.46. The zero-order valence-electron chi connectivity index (χ0n) is 7.36. The SMILES string of the molecule is [O]CCc1ccc2ccccc2c1. The van der Waals surface area contributed by atoms with Crippen LogP contribution in [0, 0.1) is 0 Å². The van der Waals surface area contributed by atoms with Gasteiger partial charge in [-0.05, 0) is 22.8 Å². The molecule has 0 saturated carbocycles. The molecule has 0 saturated heterocycles. The van der Waals surface area contributed by atoms with Crippen LogP contribution in [0.4, 0.5) is 0 Å². The lowest BCUT2D eigenvalue weighted by Gasteiger charge is -2.00. The second kappa shape index (κ2) is 3.58. The molecular weight excluding hydrogens is 160 g/mol. The van der Waals surface area contributed by atoms with Gasteiger partial charge in [0.05, 0.1) is 6.61 Å². The standard InChI is InChI=1S/C12H11O/c13-8-7-10-5-6-11-3-1-2-4-12(11)9-10/h1-6,9H,7-8H2. The monoisotopic (exact) mass is 171 g/mol. The van der Waals surface area contributed by atoms with E-state index >= 15 is 0 Å². The summed E-state index contributed by atoms with van der Waals surface area (Å²) in [4.78, 5) is 0. The summed E-state index contributed by atoms with van der Waals surface area (Å²) < 4.78 is 0. The van der Waals surface area contributed by atoms with E-state index in [0.29, 0.717) is 6.42 Å². The third kappa shape index (κ3) is 1.70. The van der Waals surface area contributed by atoms with E-state index in [4.69, 9.17) is 0 Å². The van der Waals surface area contributed by atoms with Gasteiger partial charge in [0.25, 0.3) is 0 Å². The van der Waals surface area contributed by atoms with E-state index in [1.54, 1.807) is 0 Å². The number of hydrogen-bond acceptors (Lipinski definition) is 0. The Bertz CT molecular complexity index is 407. The van der Waals surface area contributed by atoms with Crippen LogP contribution < -0.4 is 0 Å². The molecule has 2 aromatic carbocycles. The molecule has 0 amide bonds. The molecule has 0 spiro atoms. The number of benzene rings is 2. The summed E-state index contributed by atoms with van der Waals surface area (Å²) in [7, 11) is 0.